The summed E-state index contributed by atoms with van der Waals surface area (Å²) in [6, 6.07) is 16.2. The maximum absolute atomic E-state index is 5.65. The molecular weight excluding hydrogens is 264 g/mol. The molecule has 1 unspecified atom stereocenters. The molecule has 0 aromatic heterocycles. The van der Waals surface area contributed by atoms with Crippen LogP contribution in [0, 0.1) is 0 Å². The lowest BCUT2D eigenvalue weighted by Crippen LogP contribution is -2.03. The number of hydrogen-bond acceptors (Lipinski definition) is 3. The van der Waals surface area contributed by atoms with Crippen molar-refractivity contribution < 1.29 is 14.2 Å². The van der Waals surface area contributed by atoms with Crippen LogP contribution in [0.1, 0.15) is 22.8 Å². The second kappa shape index (κ2) is 5.62. The second-order valence-electron chi connectivity index (χ2n) is 4.88. The minimum Gasteiger partial charge on any atom is -0.497 e. The van der Waals surface area contributed by atoms with Crippen LogP contribution >= 0.6 is 0 Å². The number of rotatable bonds is 4. The Morgan fingerprint density at radius 1 is 0.857 bits per heavy atom. The minimum absolute atomic E-state index is 0.175. The first-order chi connectivity index (χ1) is 10.3. The zero-order valence-electron chi connectivity index (χ0n) is 12.4. The van der Waals surface area contributed by atoms with Gasteiger partial charge >= 0.3 is 0 Å². The first-order valence-electron chi connectivity index (χ1n) is 6.84. The Balaban J connectivity index is 2.24. The van der Waals surface area contributed by atoms with Crippen LogP contribution in [-0.2, 0) is 9.47 Å². The van der Waals surface area contributed by atoms with Crippen molar-refractivity contribution in [2.45, 2.75) is 6.10 Å². The van der Waals surface area contributed by atoms with Gasteiger partial charge in [0.2, 0.25) is 0 Å². The van der Waals surface area contributed by atoms with E-state index in [0.717, 1.165) is 33.8 Å². The molecule has 1 aliphatic rings. The molecule has 0 amide bonds. The highest BCUT2D eigenvalue weighted by atomic mass is 16.5. The lowest BCUT2D eigenvalue weighted by atomic mass is 9.99. The molecule has 108 valence electrons. The number of ether oxygens (including phenoxy) is 3. The van der Waals surface area contributed by atoms with Gasteiger partial charge in [-0.3, -0.25) is 0 Å². The minimum atomic E-state index is -0.175. The van der Waals surface area contributed by atoms with Crippen LogP contribution < -0.4 is 4.74 Å². The summed E-state index contributed by atoms with van der Waals surface area (Å²) in [5, 5.41) is 0. The monoisotopic (exact) mass is 282 g/mol. The van der Waals surface area contributed by atoms with Gasteiger partial charge in [0.25, 0.3) is 0 Å². The van der Waals surface area contributed by atoms with Crippen molar-refractivity contribution in [1.29, 1.82) is 0 Å². The standard InChI is InChI=1S/C18H18O3/c1-19-13-9-10-14-15(11-13)16(12-7-5-4-6-8-12)18(21-3)17(14)20-2/h4-11,17H,1-3H3. The molecule has 3 nitrogen and oxygen atoms in total. The number of methoxy groups -OCH3 is 3. The van der Waals surface area contributed by atoms with Gasteiger partial charge in [-0.05, 0) is 28.8 Å². The lowest BCUT2D eigenvalue weighted by Gasteiger charge is -2.14. The van der Waals surface area contributed by atoms with E-state index >= 15 is 0 Å². The molecule has 0 fully saturated rings. The Kier molecular flexibility index (Phi) is 3.67. The predicted octanol–water partition coefficient (Wildman–Crippen LogP) is 3.80. The van der Waals surface area contributed by atoms with E-state index in [9.17, 15) is 0 Å². The maximum atomic E-state index is 5.65. The normalized spacial score (nSPS) is 16.8. The molecular formula is C18H18O3. The Bertz CT molecular complexity index is 674. The van der Waals surface area contributed by atoms with Crippen molar-refractivity contribution in [2.75, 3.05) is 21.3 Å². The van der Waals surface area contributed by atoms with Gasteiger partial charge in [-0.1, -0.05) is 36.4 Å². The van der Waals surface area contributed by atoms with E-state index in [-0.39, 0.29) is 6.10 Å². The fourth-order valence-electron chi connectivity index (χ4n) is 2.86. The highest BCUT2D eigenvalue weighted by molar-refractivity contribution is 5.87. The second-order valence-corrected chi connectivity index (χ2v) is 4.88. The zero-order valence-corrected chi connectivity index (χ0v) is 12.4. The maximum Gasteiger partial charge on any atom is 0.140 e. The number of fused-ring (bicyclic) bond motifs is 1. The van der Waals surface area contributed by atoms with Crippen LogP contribution in [0.15, 0.2) is 54.3 Å². The van der Waals surface area contributed by atoms with Gasteiger partial charge in [0.15, 0.2) is 0 Å². The fraction of sp³-hybridized carbons (Fsp3) is 0.222. The highest BCUT2D eigenvalue weighted by Gasteiger charge is 2.33. The van der Waals surface area contributed by atoms with Gasteiger partial charge in [-0.25, -0.2) is 0 Å². The summed E-state index contributed by atoms with van der Waals surface area (Å²) in [5.41, 5.74) is 4.39. The van der Waals surface area contributed by atoms with E-state index < -0.39 is 0 Å². The van der Waals surface area contributed by atoms with Crippen molar-refractivity contribution in [3.8, 4) is 5.75 Å². The fourth-order valence-corrected chi connectivity index (χ4v) is 2.86. The van der Waals surface area contributed by atoms with Crippen LogP contribution in [-0.4, -0.2) is 21.3 Å². The smallest absolute Gasteiger partial charge is 0.140 e. The first kappa shape index (κ1) is 13.7. The molecule has 1 aliphatic carbocycles. The molecule has 0 saturated carbocycles. The quantitative estimate of drug-likeness (QED) is 0.853. The van der Waals surface area contributed by atoms with Gasteiger partial charge in [-0.15, -0.1) is 0 Å². The van der Waals surface area contributed by atoms with Crippen molar-refractivity contribution in [1.82, 2.24) is 0 Å². The summed E-state index contributed by atoms with van der Waals surface area (Å²) in [6.07, 6.45) is -0.175. The molecule has 0 radical (unpaired) electrons. The van der Waals surface area contributed by atoms with Gasteiger partial charge < -0.3 is 14.2 Å². The van der Waals surface area contributed by atoms with Gasteiger partial charge in [0, 0.05) is 12.7 Å². The van der Waals surface area contributed by atoms with Crippen LogP contribution in [0.3, 0.4) is 0 Å². The van der Waals surface area contributed by atoms with Crippen molar-refractivity contribution in [3.63, 3.8) is 0 Å². The van der Waals surface area contributed by atoms with E-state index in [1.807, 2.05) is 36.4 Å². The van der Waals surface area contributed by atoms with E-state index in [1.165, 1.54) is 0 Å². The van der Waals surface area contributed by atoms with Crippen LogP contribution in [0.2, 0.25) is 0 Å². The Hall–Kier alpha value is -2.26. The average molecular weight is 282 g/mol. The summed E-state index contributed by atoms with van der Waals surface area (Å²) in [7, 11) is 5.06. The molecule has 2 aromatic carbocycles. The lowest BCUT2D eigenvalue weighted by molar-refractivity contribution is 0.0836. The van der Waals surface area contributed by atoms with Crippen molar-refractivity contribution in [2.24, 2.45) is 0 Å². The molecule has 3 rings (SSSR count). The Labute approximate surface area is 124 Å². The van der Waals surface area contributed by atoms with Crippen LogP contribution in [0.4, 0.5) is 0 Å². The van der Waals surface area contributed by atoms with E-state index in [2.05, 4.69) is 12.1 Å². The molecule has 0 N–H and O–H groups in total. The summed E-state index contributed by atoms with van der Waals surface area (Å²) in [6.45, 7) is 0. The van der Waals surface area contributed by atoms with Crippen LogP contribution in [0.5, 0.6) is 5.75 Å². The third kappa shape index (κ3) is 2.20. The predicted molar refractivity (Wildman–Crippen MR) is 82.2 cm³/mol. The SMILES string of the molecule is COC1=C(c2ccccc2)c2cc(OC)ccc2C1OC. The third-order valence-electron chi connectivity index (χ3n) is 3.81. The molecule has 0 aliphatic heterocycles. The molecule has 0 saturated heterocycles. The van der Waals surface area contributed by atoms with Gasteiger partial charge in [0.1, 0.15) is 17.6 Å². The molecule has 0 bridgehead atoms. The van der Waals surface area contributed by atoms with E-state index in [0.29, 0.717) is 0 Å². The molecule has 21 heavy (non-hydrogen) atoms. The average Bonchev–Trinajstić information content (AvgIpc) is 2.87. The topological polar surface area (TPSA) is 27.7 Å². The van der Waals surface area contributed by atoms with Gasteiger partial charge in [-0.2, -0.15) is 0 Å². The summed E-state index contributed by atoms with van der Waals surface area (Å²) >= 11 is 0. The van der Waals surface area contributed by atoms with E-state index in [1.54, 1.807) is 21.3 Å². The zero-order chi connectivity index (χ0) is 14.8. The number of hydrogen-bond donors (Lipinski definition) is 0. The third-order valence-corrected chi connectivity index (χ3v) is 3.81. The largest absolute Gasteiger partial charge is 0.497 e. The summed E-state index contributed by atoms with van der Waals surface area (Å²) in [4.78, 5) is 0. The first-order valence-corrected chi connectivity index (χ1v) is 6.84. The molecule has 1 atom stereocenters. The highest BCUT2D eigenvalue weighted by Crippen LogP contribution is 2.46. The Morgan fingerprint density at radius 2 is 1.62 bits per heavy atom. The molecule has 0 heterocycles. The summed E-state index contributed by atoms with van der Waals surface area (Å²) in [5.74, 6) is 1.67. The van der Waals surface area contributed by atoms with Crippen LogP contribution in [0.25, 0.3) is 5.57 Å². The van der Waals surface area contributed by atoms with Gasteiger partial charge in [0.05, 0.1) is 14.2 Å². The molecule has 3 heteroatoms. The molecule has 2 aromatic rings. The molecule has 0 spiro atoms. The van der Waals surface area contributed by atoms with E-state index in [4.69, 9.17) is 14.2 Å². The number of benzene rings is 2. The van der Waals surface area contributed by atoms with Crippen molar-refractivity contribution in [3.05, 3.63) is 71.0 Å². The summed E-state index contributed by atoms with van der Waals surface area (Å²) < 4.78 is 16.7. The van der Waals surface area contributed by atoms with Crippen molar-refractivity contribution >= 4 is 5.57 Å². The Morgan fingerprint density at radius 3 is 2.24 bits per heavy atom.